The molecule has 0 fully saturated rings. The lowest BCUT2D eigenvalue weighted by molar-refractivity contribution is 1.09. The minimum absolute atomic E-state index is 0.347. The molecular weight excluding hydrogens is 268 g/mol. The number of hydrogen-bond donors (Lipinski definition) is 1. The number of hydrazone groups is 1. The number of benzene rings is 2. The third-order valence-corrected chi connectivity index (χ3v) is 4.01. The summed E-state index contributed by atoms with van der Waals surface area (Å²) in [7, 11) is 0. The fourth-order valence-corrected chi connectivity index (χ4v) is 2.65. The van der Waals surface area contributed by atoms with E-state index in [1.165, 1.54) is 16.7 Å². The van der Waals surface area contributed by atoms with Gasteiger partial charge in [0.1, 0.15) is 0 Å². The predicted octanol–water partition coefficient (Wildman–Crippen LogP) is 5.12. The van der Waals surface area contributed by atoms with E-state index in [0.29, 0.717) is 5.92 Å². The van der Waals surface area contributed by atoms with E-state index >= 15 is 0 Å². The lowest BCUT2D eigenvalue weighted by Crippen LogP contribution is -1.98. The van der Waals surface area contributed by atoms with Gasteiger partial charge in [0, 0.05) is 5.92 Å². The van der Waals surface area contributed by atoms with Crippen LogP contribution >= 0.6 is 0 Å². The van der Waals surface area contributed by atoms with Gasteiger partial charge in [0.05, 0.1) is 11.9 Å². The Morgan fingerprint density at radius 1 is 0.864 bits per heavy atom. The molecule has 22 heavy (non-hydrogen) atoms. The maximum atomic E-state index is 4.37. The Kier molecular flexibility index (Phi) is 4.19. The van der Waals surface area contributed by atoms with Crippen molar-refractivity contribution in [2.45, 2.75) is 19.8 Å². The van der Waals surface area contributed by atoms with Gasteiger partial charge in [-0.3, -0.25) is 5.43 Å². The zero-order valence-corrected chi connectivity index (χ0v) is 13.0. The number of anilines is 1. The van der Waals surface area contributed by atoms with E-state index in [4.69, 9.17) is 0 Å². The van der Waals surface area contributed by atoms with E-state index in [-0.39, 0.29) is 0 Å². The van der Waals surface area contributed by atoms with Gasteiger partial charge in [0.25, 0.3) is 0 Å². The maximum Gasteiger partial charge on any atom is 0.0561 e. The molecule has 1 aliphatic rings. The number of allylic oxidation sites excluding steroid dienone is 4. The average molecular weight is 288 g/mol. The molecule has 1 N–H and O–H groups in total. The lowest BCUT2D eigenvalue weighted by Gasteiger charge is -2.09. The SMILES string of the molecule is CC1=CC(c2ccccc2C=NNc2ccccc2)C=C1C. The topological polar surface area (TPSA) is 24.4 Å². The van der Waals surface area contributed by atoms with Gasteiger partial charge in [-0.25, -0.2) is 0 Å². The van der Waals surface area contributed by atoms with Gasteiger partial charge in [0.2, 0.25) is 0 Å². The first-order valence-corrected chi connectivity index (χ1v) is 7.54. The van der Waals surface area contributed by atoms with E-state index in [1.807, 2.05) is 36.5 Å². The number of para-hydroxylation sites is 1. The molecule has 2 nitrogen and oxygen atoms in total. The summed E-state index contributed by atoms with van der Waals surface area (Å²) in [4.78, 5) is 0. The van der Waals surface area contributed by atoms with Crippen LogP contribution in [0.25, 0.3) is 0 Å². The average Bonchev–Trinajstić information content (AvgIpc) is 2.88. The summed E-state index contributed by atoms with van der Waals surface area (Å²) in [5.74, 6) is 0.347. The summed E-state index contributed by atoms with van der Waals surface area (Å²) in [6.45, 7) is 4.33. The second-order valence-corrected chi connectivity index (χ2v) is 5.59. The molecule has 2 aromatic rings. The van der Waals surface area contributed by atoms with Crippen LogP contribution < -0.4 is 5.43 Å². The summed E-state index contributed by atoms with van der Waals surface area (Å²) in [5.41, 5.74) is 9.21. The van der Waals surface area contributed by atoms with Crippen molar-refractivity contribution in [2.24, 2.45) is 5.10 Å². The standard InChI is InChI=1S/C20H20N2/c1-15-12-18(13-16(15)2)20-11-7-6-8-17(20)14-21-22-19-9-4-3-5-10-19/h3-14,18,22H,1-2H3. The van der Waals surface area contributed by atoms with Crippen LogP contribution in [0.5, 0.6) is 0 Å². The van der Waals surface area contributed by atoms with Gasteiger partial charge in [-0.15, -0.1) is 0 Å². The van der Waals surface area contributed by atoms with Crippen molar-refractivity contribution in [3.05, 3.63) is 89.0 Å². The van der Waals surface area contributed by atoms with Crippen LogP contribution in [0.15, 0.2) is 83.0 Å². The molecular formula is C20H20N2. The highest BCUT2D eigenvalue weighted by Crippen LogP contribution is 2.32. The van der Waals surface area contributed by atoms with Gasteiger partial charge < -0.3 is 0 Å². The molecule has 0 radical (unpaired) electrons. The zero-order valence-electron chi connectivity index (χ0n) is 13.0. The number of nitrogens with one attached hydrogen (secondary N) is 1. The molecule has 0 aliphatic heterocycles. The van der Waals surface area contributed by atoms with Crippen LogP contribution in [-0.4, -0.2) is 6.21 Å². The van der Waals surface area contributed by atoms with Gasteiger partial charge in [-0.05, 0) is 37.1 Å². The third-order valence-electron chi connectivity index (χ3n) is 4.01. The highest BCUT2D eigenvalue weighted by atomic mass is 15.3. The van der Waals surface area contributed by atoms with E-state index in [9.17, 15) is 0 Å². The molecule has 0 unspecified atom stereocenters. The van der Waals surface area contributed by atoms with Crippen LogP contribution in [0.2, 0.25) is 0 Å². The van der Waals surface area contributed by atoms with Crippen molar-refractivity contribution in [3.63, 3.8) is 0 Å². The Labute approximate surface area is 131 Å². The first-order chi connectivity index (χ1) is 10.7. The first-order valence-electron chi connectivity index (χ1n) is 7.54. The van der Waals surface area contributed by atoms with Gasteiger partial charge in [-0.2, -0.15) is 5.10 Å². The molecule has 0 heterocycles. The minimum Gasteiger partial charge on any atom is -0.279 e. The van der Waals surface area contributed by atoms with Crippen molar-refractivity contribution in [1.29, 1.82) is 0 Å². The smallest absolute Gasteiger partial charge is 0.0561 e. The molecule has 0 atom stereocenters. The van der Waals surface area contributed by atoms with Gasteiger partial charge in [-0.1, -0.05) is 65.8 Å². The summed E-state index contributed by atoms with van der Waals surface area (Å²) in [6.07, 6.45) is 6.52. The van der Waals surface area contributed by atoms with Gasteiger partial charge >= 0.3 is 0 Å². The van der Waals surface area contributed by atoms with Crippen molar-refractivity contribution < 1.29 is 0 Å². The third kappa shape index (κ3) is 3.17. The van der Waals surface area contributed by atoms with Crippen LogP contribution in [0.4, 0.5) is 5.69 Å². The molecule has 2 heteroatoms. The molecule has 0 saturated carbocycles. The van der Waals surface area contributed by atoms with Gasteiger partial charge in [0.15, 0.2) is 0 Å². The molecule has 1 aliphatic carbocycles. The van der Waals surface area contributed by atoms with Crippen molar-refractivity contribution in [3.8, 4) is 0 Å². The second-order valence-electron chi connectivity index (χ2n) is 5.59. The fourth-order valence-electron chi connectivity index (χ4n) is 2.65. The summed E-state index contributed by atoms with van der Waals surface area (Å²) in [5, 5.41) is 4.37. The lowest BCUT2D eigenvalue weighted by atomic mass is 9.95. The van der Waals surface area contributed by atoms with Crippen molar-refractivity contribution in [1.82, 2.24) is 0 Å². The van der Waals surface area contributed by atoms with Crippen LogP contribution in [0.1, 0.15) is 30.9 Å². The van der Waals surface area contributed by atoms with E-state index in [1.54, 1.807) is 0 Å². The Bertz CT molecular complexity index is 721. The summed E-state index contributed by atoms with van der Waals surface area (Å²) in [6, 6.07) is 18.4. The number of hydrogen-bond acceptors (Lipinski definition) is 2. The van der Waals surface area contributed by atoms with E-state index < -0.39 is 0 Å². The van der Waals surface area contributed by atoms with Crippen LogP contribution in [0.3, 0.4) is 0 Å². The molecule has 0 amide bonds. The van der Waals surface area contributed by atoms with Crippen molar-refractivity contribution >= 4 is 11.9 Å². The predicted molar refractivity (Wildman–Crippen MR) is 94.4 cm³/mol. The Hall–Kier alpha value is -2.61. The van der Waals surface area contributed by atoms with E-state index in [2.05, 4.69) is 60.8 Å². The van der Waals surface area contributed by atoms with Crippen LogP contribution in [0, 0.1) is 0 Å². The number of nitrogens with zero attached hydrogens (tertiary/aromatic N) is 1. The normalized spacial score (nSPS) is 15.0. The maximum absolute atomic E-state index is 4.37. The molecule has 3 rings (SSSR count). The molecule has 2 aromatic carbocycles. The molecule has 0 aromatic heterocycles. The molecule has 0 bridgehead atoms. The minimum atomic E-state index is 0.347. The highest BCUT2D eigenvalue weighted by molar-refractivity contribution is 5.83. The Balaban J connectivity index is 1.80. The summed E-state index contributed by atoms with van der Waals surface area (Å²) >= 11 is 0. The quantitative estimate of drug-likeness (QED) is 0.612. The monoisotopic (exact) mass is 288 g/mol. The Morgan fingerprint density at radius 2 is 1.50 bits per heavy atom. The molecule has 0 spiro atoms. The Morgan fingerprint density at radius 3 is 2.23 bits per heavy atom. The number of rotatable bonds is 4. The largest absolute Gasteiger partial charge is 0.279 e. The zero-order chi connectivity index (χ0) is 15.4. The second kappa shape index (κ2) is 6.44. The summed E-state index contributed by atoms with van der Waals surface area (Å²) < 4.78 is 0. The van der Waals surface area contributed by atoms with Crippen LogP contribution in [-0.2, 0) is 0 Å². The first kappa shape index (κ1) is 14.3. The van der Waals surface area contributed by atoms with Crippen molar-refractivity contribution in [2.75, 3.05) is 5.43 Å². The van der Waals surface area contributed by atoms with E-state index in [0.717, 1.165) is 11.3 Å². The molecule has 110 valence electrons. The highest BCUT2D eigenvalue weighted by Gasteiger charge is 2.15. The molecule has 0 saturated heterocycles. The fraction of sp³-hybridized carbons (Fsp3) is 0.150.